The van der Waals surface area contributed by atoms with Gasteiger partial charge in [0.15, 0.2) is 5.82 Å². The topological polar surface area (TPSA) is 94.5 Å². The number of rotatable bonds is 4. The maximum absolute atomic E-state index is 14.5. The number of nitrogens with zero attached hydrogens (tertiary/aromatic N) is 2. The molecule has 2 fully saturated rings. The molecule has 1 aromatic carbocycles. The predicted molar refractivity (Wildman–Crippen MR) is 99.5 cm³/mol. The van der Waals surface area contributed by atoms with Crippen molar-refractivity contribution in [2.24, 2.45) is 5.73 Å². The fourth-order valence-electron chi connectivity index (χ4n) is 3.91. The monoisotopic (exact) mass is 373 g/mol. The van der Waals surface area contributed by atoms with Gasteiger partial charge in [0.05, 0.1) is 18.3 Å². The maximum atomic E-state index is 14.5. The van der Waals surface area contributed by atoms with Crippen LogP contribution in [0.5, 0.6) is 0 Å². The van der Waals surface area contributed by atoms with Gasteiger partial charge in [-0.15, -0.1) is 0 Å². The summed E-state index contributed by atoms with van der Waals surface area (Å²) in [5.74, 6) is -0.332. The molecule has 8 heteroatoms. The molecule has 1 aliphatic carbocycles. The van der Waals surface area contributed by atoms with Gasteiger partial charge in [0.1, 0.15) is 0 Å². The summed E-state index contributed by atoms with van der Waals surface area (Å²) in [7, 11) is 0. The molecule has 1 saturated carbocycles. The van der Waals surface area contributed by atoms with Gasteiger partial charge in [-0.05, 0) is 37.8 Å². The van der Waals surface area contributed by atoms with E-state index in [1.165, 1.54) is 0 Å². The first-order valence-electron chi connectivity index (χ1n) is 9.40. The van der Waals surface area contributed by atoms with Gasteiger partial charge in [0, 0.05) is 30.0 Å². The highest BCUT2D eigenvalue weighted by Crippen LogP contribution is 2.31. The third-order valence-corrected chi connectivity index (χ3v) is 5.41. The highest BCUT2D eigenvalue weighted by atomic mass is 19.1. The normalized spacial score (nSPS) is 19.9. The van der Waals surface area contributed by atoms with Crippen LogP contribution in [0.3, 0.4) is 0 Å². The number of urea groups is 2. The van der Waals surface area contributed by atoms with Crippen LogP contribution in [0.15, 0.2) is 24.3 Å². The van der Waals surface area contributed by atoms with Crippen LogP contribution in [-0.2, 0) is 6.54 Å². The number of aromatic amines is 1. The Balaban J connectivity index is 1.45. The summed E-state index contributed by atoms with van der Waals surface area (Å²) in [6, 6.07) is 6.61. The Bertz CT molecular complexity index is 863. The van der Waals surface area contributed by atoms with Crippen molar-refractivity contribution in [3.8, 4) is 0 Å². The van der Waals surface area contributed by atoms with E-state index in [1.807, 2.05) is 11.0 Å². The van der Waals surface area contributed by atoms with E-state index in [2.05, 4.69) is 10.3 Å². The van der Waals surface area contributed by atoms with Gasteiger partial charge < -0.3 is 25.8 Å². The predicted octanol–water partition coefficient (Wildman–Crippen LogP) is 2.52. The number of hydrogen-bond donors (Lipinski definition) is 3. The number of nitrogens with one attached hydrogen (secondary N) is 2. The molecule has 0 unspecified atom stereocenters. The standard InChI is InChI=1S/C19H24FN5O2/c20-17-14-5-1-2-6-15(14)23-16(17)10-22-19(27)25(12-7-8-12)13-4-3-9-24(11-13)18(21)26/h1-2,5-6,12-13,23H,3-4,7-11H2,(H2,21,26)(H,22,27)/t13-/m1/s1. The fraction of sp³-hybridized carbons (Fsp3) is 0.474. The smallest absolute Gasteiger partial charge is 0.318 e. The second-order valence-electron chi connectivity index (χ2n) is 7.34. The summed E-state index contributed by atoms with van der Waals surface area (Å²) in [6.45, 7) is 1.18. The number of nitrogens with two attached hydrogens (primary N) is 1. The zero-order chi connectivity index (χ0) is 19.0. The molecule has 7 nitrogen and oxygen atoms in total. The average molecular weight is 373 g/mol. The molecule has 4 rings (SSSR count). The maximum Gasteiger partial charge on any atom is 0.318 e. The molecule has 4 amide bonds. The molecule has 0 bridgehead atoms. The minimum absolute atomic E-state index is 0.0497. The molecule has 2 heterocycles. The van der Waals surface area contributed by atoms with Gasteiger partial charge >= 0.3 is 12.1 Å². The molecule has 1 saturated heterocycles. The van der Waals surface area contributed by atoms with Gasteiger partial charge in [0.2, 0.25) is 0 Å². The van der Waals surface area contributed by atoms with E-state index in [4.69, 9.17) is 5.73 Å². The number of hydrogen-bond acceptors (Lipinski definition) is 2. The van der Waals surface area contributed by atoms with Gasteiger partial charge in [-0.25, -0.2) is 14.0 Å². The van der Waals surface area contributed by atoms with Gasteiger partial charge in [-0.2, -0.15) is 0 Å². The van der Waals surface area contributed by atoms with Gasteiger partial charge in [-0.3, -0.25) is 0 Å². The molecule has 1 aromatic heterocycles. The molecule has 4 N–H and O–H groups in total. The van der Waals surface area contributed by atoms with Crippen LogP contribution in [0.4, 0.5) is 14.0 Å². The highest BCUT2D eigenvalue weighted by Gasteiger charge is 2.39. The van der Waals surface area contributed by atoms with Crippen molar-refractivity contribution in [3.63, 3.8) is 0 Å². The number of likely N-dealkylation sites (tertiary alicyclic amines) is 1. The van der Waals surface area contributed by atoms with E-state index in [1.54, 1.807) is 23.1 Å². The van der Waals surface area contributed by atoms with Crippen molar-refractivity contribution < 1.29 is 14.0 Å². The Hall–Kier alpha value is -2.77. The number of benzene rings is 1. The van der Waals surface area contributed by atoms with E-state index in [0.29, 0.717) is 29.7 Å². The van der Waals surface area contributed by atoms with Crippen molar-refractivity contribution >= 4 is 23.0 Å². The van der Waals surface area contributed by atoms with Crippen LogP contribution in [0.2, 0.25) is 0 Å². The SMILES string of the molecule is NC(=O)N1CCC[C@@H](N(C(=O)NCc2[nH]c3ccccc3c2F)C2CC2)C1. The number of aromatic nitrogens is 1. The molecule has 1 aliphatic heterocycles. The largest absolute Gasteiger partial charge is 0.354 e. The Morgan fingerprint density at radius 1 is 1.26 bits per heavy atom. The molecule has 1 atom stereocenters. The Kier molecular flexibility index (Phi) is 4.63. The van der Waals surface area contributed by atoms with Crippen LogP contribution in [0, 0.1) is 5.82 Å². The number of carbonyl (C=O) groups is 2. The average Bonchev–Trinajstić information content (AvgIpc) is 3.45. The first kappa shape index (κ1) is 17.6. The lowest BCUT2D eigenvalue weighted by atomic mass is 10.0. The molecular formula is C19H24FN5O2. The second kappa shape index (κ2) is 7.09. The summed E-state index contributed by atoms with van der Waals surface area (Å²) in [6.07, 6.45) is 3.58. The number of halogens is 1. The van der Waals surface area contributed by atoms with E-state index in [-0.39, 0.29) is 30.5 Å². The molecule has 144 valence electrons. The van der Waals surface area contributed by atoms with Crippen molar-refractivity contribution in [2.45, 2.75) is 44.3 Å². The minimum Gasteiger partial charge on any atom is -0.354 e. The number of amides is 4. The quantitative estimate of drug-likeness (QED) is 0.768. The van der Waals surface area contributed by atoms with E-state index in [9.17, 15) is 14.0 Å². The van der Waals surface area contributed by atoms with Crippen LogP contribution in [0.1, 0.15) is 31.4 Å². The number of carbonyl (C=O) groups excluding carboxylic acids is 2. The van der Waals surface area contributed by atoms with Crippen molar-refractivity contribution in [1.82, 2.24) is 20.1 Å². The molecule has 0 spiro atoms. The van der Waals surface area contributed by atoms with E-state index in [0.717, 1.165) is 25.7 Å². The Morgan fingerprint density at radius 3 is 2.74 bits per heavy atom. The summed E-state index contributed by atoms with van der Waals surface area (Å²) >= 11 is 0. The number of H-pyrrole nitrogens is 1. The minimum atomic E-state index is -0.448. The van der Waals surface area contributed by atoms with Gasteiger partial charge in [0.25, 0.3) is 0 Å². The Labute approximate surface area is 156 Å². The van der Waals surface area contributed by atoms with Crippen molar-refractivity contribution in [2.75, 3.05) is 13.1 Å². The van der Waals surface area contributed by atoms with E-state index < -0.39 is 6.03 Å². The fourth-order valence-corrected chi connectivity index (χ4v) is 3.91. The molecule has 2 aromatic rings. The first-order chi connectivity index (χ1) is 13.0. The van der Waals surface area contributed by atoms with Crippen molar-refractivity contribution in [3.05, 3.63) is 35.8 Å². The highest BCUT2D eigenvalue weighted by molar-refractivity contribution is 5.81. The number of primary amides is 1. The van der Waals surface area contributed by atoms with Crippen molar-refractivity contribution in [1.29, 1.82) is 0 Å². The number of fused-ring (bicyclic) bond motifs is 1. The van der Waals surface area contributed by atoms with Crippen LogP contribution in [0.25, 0.3) is 10.9 Å². The third kappa shape index (κ3) is 3.56. The summed E-state index contributed by atoms with van der Waals surface area (Å²) in [5, 5.41) is 3.36. The summed E-state index contributed by atoms with van der Waals surface area (Å²) < 4.78 is 14.5. The van der Waals surface area contributed by atoms with Gasteiger partial charge in [-0.1, -0.05) is 12.1 Å². The first-order valence-corrected chi connectivity index (χ1v) is 9.40. The molecule has 2 aliphatic rings. The lowest BCUT2D eigenvalue weighted by molar-refractivity contribution is 0.118. The second-order valence-corrected chi connectivity index (χ2v) is 7.34. The zero-order valence-electron chi connectivity index (χ0n) is 15.1. The summed E-state index contributed by atoms with van der Waals surface area (Å²) in [4.78, 5) is 30.8. The van der Waals surface area contributed by atoms with Crippen LogP contribution >= 0.6 is 0 Å². The summed E-state index contributed by atoms with van der Waals surface area (Å²) in [5.41, 5.74) is 6.48. The van der Waals surface area contributed by atoms with E-state index >= 15 is 0 Å². The molecule has 27 heavy (non-hydrogen) atoms. The third-order valence-electron chi connectivity index (χ3n) is 5.41. The molecule has 0 radical (unpaired) electrons. The van der Waals surface area contributed by atoms with Crippen LogP contribution < -0.4 is 11.1 Å². The lowest BCUT2D eigenvalue weighted by Crippen LogP contribution is -2.55. The lowest BCUT2D eigenvalue weighted by Gasteiger charge is -2.39. The number of para-hydroxylation sites is 1. The Morgan fingerprint density at radius 2 is 2.04 bits per heavy atom. The molecular weight excluding hydrogens is 349 g/mol. The number of piperidine rings is 1. The van der Waals surface area contributed by atoms with Crippen LogP contribution in [-0.4, -0.2) is 52.0 Å². The zero-order valence-corrected chi connectivity index (χ0v) is 15.1.